The zero-order valence-electron chi connectivity index (χ0n) is 7.57. The Morgan fingerprint density at radius 1 is 1.31 bits per heavy atom. The van der Waals surface area contributed by atoms with Crippen LogP contribution in [0.25, 0.3) is 6.08 Å². The van der Waals surface area contributed by atoms with Crippen LogP contribution >= 0.6 is 0 Å². The molecule has 0 saturated carbocycles. The summed E-state index contributed by atoms with van der Waals surface area (Å²) in [5.74, 6) is 0. The third kappa shape index (κ3) is 1.68. The van der Waals surface area contributed by atoms with Crippen molar-refractivity contribution in [3.63, 3.8) is 0 Å². The number of hydrogen-bond donors (Lipinski definition) is 1. The Morgan fingerprint density at radius 2 is 2.08 bits per heavy atom. The predicted molar refractivity (Wildman–Crippen MR) is 53.4 cm³/mol. The molecule has 13 heavy (non-hydrogen) atoms. The highest BCUT2D eigenvalue weighted by atomic mass is 14.7. The van der Waals surface area contributed by atoms with Crippen LogP contribution in [-0.4, -0.2) is 5.54 Å². The van der Waals surface area contributed by atoms with Gasteiger partial charge < -0.3 is 5.73 Å². The molecule has 2 heteroatoms. The fourth-order valence-corrected chi connectivity index (χ4v) is 1.39. The van der Waals surface area contributed by atoms with Gasteiger partial charge in [0, 0.05) is 6.20 Å². The van der Waals surface area contributed by atoms with Gasteiger partial charge in [-0.25, -0.2) is 0 Å². The highest BCUT2D eigenvalue weighted by molar-refractivity contribution is 5.41. The summed E-state index contributed by atoms with van der Waals surface area (Å²) < 4.78 is 0. The fraction of sp³-hybridized carbons (Fsp3) is 0.182. The summed E-state index contributed by atoms with van der Waals surface area (Å²) in [4.78, 5) is 4.29. The molecule has 1 aromatic carbocycles. The second-order valence-corrected chi connectivity index (χ2v) is 3.51. The fourth-order valence-electron chi connectivity index (χ4n) is 1.39. The summed E-state index contributed by atoms with van der Waals surface area (Å²) in [6.45, 7) is 1.96. The Labute approximate surface area is 77.1 Å². The lowest BCUT2D eigenvalue weighted by atomic mass is 10.0. The summed E-state index contributed by atoms with van der Waals surface area (Å²) in [6.07, 6.45) is 5.69. The molecular weight excluding hydrogens is 160 g/mol. The first-order chi connectivity index (χ1) is 6.17. The molecule has 1 aliphatic heterocycles. The number of para-hydroxylation sites is 1. The molecule has 0 bridgehead atoms. The maximum absolute atomic E-state index is 5.99. The van der Waals surface area contributed by atoms with Crippen molar-refractivity contribution in [3.8, 4) is 0 Å². The van der Waals surface area contributed by atoms with E-state index in [2.05, 4.69) is 4.99 Å². The van der Waals surface area contributed by atoms with E-state index in [9.17, 15) is 0 Å². The van der Waals surface area contributed by atoms with E-state index >= 15 is 0 Å². The van der Waals surface area contributed by atoms with Crippen molar-refractivity contribution in [2.75, 3.05) is 0 Å². The van der Waals surface area contributed by atoms with Crippen LogP contribution in [0.15, 0.2) is 41.5 Å². The predicted octanol–water partition coefficient (Wildman–Crippen LogP) is 0.331. The van der Waals surface area contributed by atoms with Crippen LogP contribution in [-0.2, 0) is 0 Å². The number of nitrogens with two attached hydrogens (primary N) is 1. The Bertz CT molecular complexity index is 455. The van der Waals surface area contributed by atoms with E-state index in [0.29, 0.717) is 0 Å². The van der Waals surface area contributed by atoms with Crippen LogP contribution in [0.5, 0.6) is 0 Å². The van der Waals surface area contributed by atoms with Crippen molar-refractivity contribution >= 4 is 6.08 Å². The Hall–Kier alpha value is -1.41. The maximum Gasteiger partial charge on any atom is 0.0699 e. The Kier molecular flexibility index (Phi) is 1.78. The van der Waals surface area contributed by atoms with E-state index in [1.165, 1.54) is 0 Å². The van der Waals surface area contributed by atoms with E-state index < -0.39 is 5.54 Å². The number of hydrogen-bond acceptors (Lipinski definition) is 2. The summed E-state index contributed by atoms with van der Waals surface area (Å²) >= 11 is 0. The molecule has 1 atom stereocenters. The first-order valence-electron chi connectivity index (χ1n) is 4.30. The van der Waals surface area contributed by atoms with Crippen LogP contribution in [0, 0.1) is 0 Å². The van der Waals surface area contributed by atoms with Crippen molar-refractivity contribution in [1.29, 1.82) is 0 Å². The van der Waals surface area contributed by atoms with Crippen molar-refractivity contribution in [3.05, 3.63) is 47.1 Å². The van der Waals surface area contributed by atoms with E-state index in [1.54, 1.807) is 6.20 Å². The van der Waals surface area contributed by atoms with Gasteiger partial charge in [0.2, 0.25) is 0 Å². The molecular formula is C11H12N2. The summed E-state index contributed by atoms with van der Waals surface area (Å²) in [5, 5.41) is 2.07. The molecule has 66 valence electrons. The van der Waals surface area contributed by atoms with Gasteiger partial charge in [0.15, 0.2) is 0 Å². The van der Waals surface area contributed by atoms with Crippen LogP contribution < -0.4 is 16.3 Å². The van der Waals surface area contributed by atoms with Crippen molar-refractivity contribution in [1.82, 2.24) is 0 Å². The molecule has 2 nitrogen and oxygen atoms in total. The van der Waals surface area contributed by atoms with Crippen molar-refractivity contribution in [2.45, 2.75) is 12.5 Å². The first kappa shape index (κ1) is 8.20. The lowest BCUT2D eigenvalue weighted by Crippen LogP contribution is -2.35. The summed E-state index contributed by atoms with van der Waals surface area (Å²) in [6, 6.07) is 7.98. The van der Waals surface area contributed by atoms with Gasteiger partial charge >= 0.3 is 0 Å². The van der Waals surface area contributed by atoms with Gasteiger partial charge in [0.1, 0.15) is 0 Å². The minimum atomic E-state index is -0.393. The molecule has 1 unspecified atom stereocenters. The van der Waals surface area contributed by atoms with Gasteiger partial charge in [-0.2, -0.15) is 0 Å². The van der Waals surface area contributed by atoms with Gasteiger partial charge in [0.25, 0.3) is 0 Å². The van der Waals surface area contributed by atoms with Crippen molar-refractivity contribution in [2.24, 2.45) is 10.7 Å². The van der Waals surface area contributed by atoms with Gasteiger partial charge in [-0.15, -0.1) is 0 Å². The number of rotatable bonds is 0. The summed E-state index contributed by atoms with van der Waals surface area (Å²) in [7, 11) is 0. The Morgan fingerprint density at radius 3 is 2.92 bits per heavy atom. The van der Waals surface area contributed by atoms with Gasteiger partial charge in [-0.05, 0) is 24.3 Å². The molecule has 2 N–H and O–H groups in total. The molecule has 1 aliphatic rings. The highest BCUT2D eigenvalue weighted by Gasteiger charge is 2.10. The van der Waals surface area contributed by atoms with Gasteiger partial charge in [-0.1, -0.05) is 24.3 Å². The number of fused-ring (bicyclic) bond motifs is 1. The zero-order valence-corrected chi connectivity index (χ0v) is 7.57. The van der Waals surface area contributed by atoms with Crippen LogP contribution in [0.4, 0.5) is 0 Å². The smallest absolute Gasteiger partial charge is 0.0699 e. The SMILES string of the molecule is CC1(N)C=CN=c2ccccc2=C1. The van der Waals surface area contributed by atoms with Crippen LogP contribution in [0.1, 0.15) is 6.92 Å². The summed E-state index contributed by atoms with van der Waals surface area (Å²) in [5.41, 5.74) is 5.60. The molecule has 0 fully saturated rings. The van der Waals surface area contributed by atoms with E-state index in [-0.39, 0.29) is 0 Å². The molecule has 0 radical (unpaired) electrons. The minimum absolute atomic E-state index is 0.393. The normalized spacial score (nSPS) is 25.4. The molecule has 1 heterocycles. The van der Waals surface area contributed by atoms with E-state index in [4.69, 9.17) is 5.73 Å². The average Bonchev–Trinajstić information content (AvgIpc) is 2.21. The second-order valence-electron chi connectivity index (χ2n) is 3.51. The lowest BCUT2D eigenvalue weighted by molar-refractivity contribution is 0.777. The minimum Gasteiger partial charge on any atom is -0.319 e. The molecule has 2 rings (SSSR count). The number of nitrogens with zero attached hydrogens (tertiary/aromatic N) is 1. The van der Waals surface area contributed by atoms with E-state index in [0.717, 1.165) is 10.6 Å². The standard InChI is InChI=1S/C11H12N2/c1-11(12)6-7-13-10-5-3-2-4-9(10)8-11/h2-8H,12H2,1H3. The molecule has 0 saturated heterocycles. The zero-order chi connectivity index (χ0) is 9.31. The number of benzene rings is 1. The Balaban J connectivity index is 2.77. The van der Waals surface area contributed by atoms with Crippen LogP contribution in [0.2, 0.25) is 0 Å². The largest absolute Gasteiger partial charge is 0.319 e. The topological polar surface area (TPSA) is 38.4 Å². The maximum atomic E-state index is 5.99. The second kappa shape index (κ2) is 2.82. The molecule has 0 spiro atoms. The van der Waals surface area contributed by atoms with Gasteiger partial charge in [0.05, 0.1) is 10.9 Å². The first-order valence-corrected chi connectivity index (χ1v) is 4.30. The third-order valence-corrected chi connectivity index (χ3v) is 2.05. The molecule has 1 aromatic rings. The monoisotopic (exact) mass is 172 g/mol. The average molecular weight is 172 g/mol. The third-order valence-electron chi connectivity index (χ3n) is 2.05. The molecule has 0 aliphatic carbocycles. The van der Waals surface area contributed by atoms with Gasteiger partial charge in [-0.3, -0.25) is 4.99 Å². The van der Waals surface area contributed by atoms with Crippen molar-refractivity contribution < 1.29 is 0 Å². The quantitative estimate of drug-likeness (QED) is 0.602. The van der Waals surface area contributed by atoms with Crippen LogP contribution in [0.3, 0.4) is 0 Å². The molecule has 0 aromatic heterocycles. The highest BCUT2D eigenvalue weighted by Crippen LogP contribution is 2.03. The lowest BCUT2D eigenvalue weighted by Gasteiger charge is -2.12. The molecule has 0 amide bonds. The van der Waals surface area contributed by atoms with E-state index in [1.807, 2.05) is 43.3 Å².